The zero-order chi connectivity index (χ0) is 6.73. The Hall–Kier alpha value is -0.610. The second kappa shape index (κ2) is 2.64. The third kappa shape index (κ3) is 1.90. The van der Waals surface area contributed by atoms with Crippen molar-refractivity contribution in [2.24, 2.45) is 0 Å². The van der Waals surface area contributed by atoms with E-state index in [9.17, 15) is 4.79 Å². The van der Waals surface area contributed by atoms with Crippen molar-refractivity contribution in [1.29, 1.82) is 0 Å². The molecule has 0 aromatic rings. The highest BCUT2D eigenvalue weighted by atomic mass is 16.4. The molecule has 0 aliphatic carbocycles. The van der Waals surface area contributed by atoms with Crippen molar-refractivity contribution < 1.29 is 20.1 Å². The van der Waals surface area contributed by atoms with Crippen LogP contribution in [0.2, 0.25) is 0 Å². The summed E-state index contributed by atoms with van der Waals surface area (Å²) in [5, 5.41) is 24.7. The van der Waals surface area contributed by atoms with Crippen molar-refractivity contribution in [2.75, 3.05) is 0 Å². The van der Waals surface area contributed by atoms with Crippen LogP contribution in [0.15, 0.2) is 0 Å². The van der Waals surface area contributed by atoms with Gasteiger partial charge in [-0.3, -0.25) is 0 Å². The minimum absolute atomic E-state index is 1.20. The quantitative estimate of drug-likeness (QED) is 0.428. The van der Waals surface area contributed by atoms with Crippen LogP contribution in [0.4, 0.5) is 0 Å². The molecule has 0 amide bonds. The van der Waals surface area contributed by atoms with Crippen LogP contribution in [-0.4, -0.2) is 33.5 Å². The predicted molar refractivity (Wildman–Crippen MR) is 25.3 cm³/mol. The molecule has 0 aromatic carbocycles. The van der Waals surface area contributed by atoms with Crippen LogP contribution in [0.25, 0.3) is 0 Å². The Kier molecular flexibility index (Phi) is 2.44. The van der Waals surface area contributed by atoms with Gasteiger partial charge in [-0.1, -0.05) is 0 Å². The first-order valence-electron chi connectivity index (χ1n) is 2.14. The van der Waals surface area contributed by atoms with Crippen molar-refractivity contribution >= 4 is 5.97 Å². The lowest BCUT2D eigenvalue weighted by molar-refractivity contribution is -0.151. The topological polar surface area (TPSA) is 77.8 Å². The summed E-state index contributed by atoms with van der Waals surface area (Å²) in [7, 11) is 0. The Morgan fingerprint density at radius 1 is 1.50 bits per heavy atom. The van der Waals surface area contributed by atoms with Gasteiger partial charge in [0.15, 0.2) is 6.10 Å². The lowest BCUT2D eigenvalue weighted by Gasteiger charge is -2.05. The number of hydrogen-bond acceptors (Lipinski definition) is 3. The standard InChI is InChI=1S/C4H8O4/c1-2(5)3(6)4(7)8/h2-3,5-6H,1H3,(H,7,8). The summed E-state index contributed by atoms with van der Waals surface area (Å²) in [4.78, 5) is 9.73. The fourth-order valence-corrected chi connectivity index (χ4v) is 0.206. The van der Waals surface area contributed by atoms with Crippen LogP contribution < -0.4 is 0 Å². The fourth-order valence-electron chi connectivity index (χ4n) is 0.206. The molecule has 0 rings (SSSR count). The zero-order valence-electron chi connectivity index (χ0n) is 4.40. The first-order chi connectivity index (χ1) is 3.55. The van der Waals surface area contributed by atoms with Gasteiger partial charge in [-0.25, -0.2) is 4.79 Å². The van der Waals surface area contributed by atoms with E-state index in [0.717, 1.165) is 0 Å². The average Bonchev–Trinajstić information content (AvgIpc) is 1.64. The summed E-state index contributed by atoms with van der Waals surface area (Å²) in [6.07, 6.45) is -2.86. The van der Waals surface area contributed by atoms with Gasteiger partial charge in [-0.2, -0.15) is 0 Å². The van der Waals surface area contributed by atoms with Gasteiger partial charge in [0.25, 0.3) is 0 Å². The molecule has 8 heavy (non-hydrogen) atoms. The molecule has 0 fully saturated rings. The number of hydrogen-bond donors (Lipinski definition) is 3. The zero-order valence-corrected chi connectivity index (χ0v) is 4.40. The van der Waals surface area contributed by atoms with Crippen LogP contribution in [0.1, 0.15) is 6.92 Å². The second-order valence-corrected chi connectivity index (χ2v) is 1.52. The van der Waals surface area contributed by atoms with E-state index in [1.54, 1.807) is 0 Å². The SMILES string of the molecule is CC(O)C(O)C(=O)O. The number of carbonyl (C=O) groups is 1. The molecule has 0 bridgehead atoms. The van der Waals surface area contributed by atoms with E-state index < -0.39 is 18.2 Å². The van der Waals surface area contributed by atoms with Crippen LogP contribution in [-0.2, 0) is 4.79 Å². The van der Waals surface area contributed by atoms with Gasteiger partial charge in [0.2, 0.25) is 0 Å². The fraction of sp³-hybridized carbons (Fsp3) is 0.750. The van der Waals surface area contributed by atoms with Crippen LogP contribution in [0.5, 0.6) is 0 Å². The van der Waals surface area contributed by atoms with Crippen LogP contribution in [0.3, 0.4) is 0 Å². The lowest BCUT2D eigenvalue weighted by Crippen LogP contribution is -2.30. The largest absolute Gasteiger partial charge is 0.479 e. The monoisotopic (exact) mass is 120 g/mol. The lowest BCUT2D eigenvalue weighted by atomic mass is 10.2. The number of carboxylic acid groups (broad SMARTS) is 1. The van der Waals surface area contributed by atoms with Crippen molar-refractivity contribution in [3.63, 3.8) is 0 Å². The number of carboxylic acids is 1. The molecule has 0 saturated heterocycles. The minimum atomic E-state index is -1.66. The highest BCUT2D eigenvalue weighted by Gasteiger charge is 2.18. The van der Waals surface area contributed by atoms with Gasteiger partial charge in [0.1, 0.15) is 0 Å². The van der Waals surface area contributed by atoms with E-state index in [4.69, 9.17) is 15.3 Å². The summed E-state index contributed by atoms with van der Waals surface area (Å²) >= 11 is 0. The molecule has 4 nitrogen and oxygen atoms in total. The first kappa shape index (κ1) is 7.39. The molecule has 48 valence electrons. The number of aliphatic carboxylic acids is 1. The van der Waals surface area contributed by atoms with E-state index in [-0.39, 0.29) is 0 Å². The summed E-state index contributed by atoms with van der Waals surface area (Å²) in [5.74, 6) is -1.40. The molecule has 0 spiro atoms. The molecule has 0 heterocycles. The van der Waals surface area contributed by atoms with Crippen molar-refractivity contribution in [2.45, 2.75) is 19.1 Å². The van der Waals surface area contributed by atoms with Gasteiger partial charge < -0.3 is 15.3 Å². The maximum Gasteiger partial charge on any atom is 0.335 e. The van der Waals surface area contributed by atoms with E-state index >= 15 is 0 Å². The molecule has 2 unspecified atom stereocenters. The average molecular weight is 120 g/mol. The molecule has 0 aliphatic rings. The van der Waals surface area contributed by atoms with E-state index in [1.165, 1.54) is 6.92 Å². The molecule has 0 aromatic heterocycles. The third-order valence-electron chi connectivity index (χ3n) is 0.710. The Morgan fingerprint density at radius 3 is 1.88 bits per heavy atom. The molecular weight excluding hydrogens is 112 g/mol. The highest BCUT2D eigenvalue weighted by molar-refractivity contribution is 5.72. The van der Waals surface area contributed by atoms with Gasteiger partial charge in [0, 0.05) is 0 Å². The van der Waals surface area contributed by atoms with Crippen LogP contribution in [0, 0.1) is 0 Å². The van der Waals surface area contributed by atoms with E-state index in [2.05, 4.69) is 0 Å². The predicted octanol–water partition coefficient (Wildman–Crippen LogP) is -1.19. The van der Waals surface area contributed by atoms with Gasteiger partial charge >= 0.3 is 5.97 Å². The Labute approximate surface area is 46.4 Å². The molecule has 0 aliphatic heterocycles. The van der Waals surface area contributed by atoms with Crippen molar-refractivity contribution in [3.05, 3.63) is 0 Å². The smallest absolute Gasteiger partial charge is 0.335 e. The normalized spacial score (nSPS) is 17.4. The van der Waals surface area contributed by atoms with Crippen molar-refractivity contribution in [3.8, 4) is 0 Å². The second-order valence-electron chi connectivity index (χ2n) is 1.52. The molecule has 2 atom stereocenters. The summed E-state index contributed by atoms with van der Waals surface area (Å²) in [6, 6.07) is 0. The Bertz CT molecular complexity index is 88.0. The minimum Gasteiger partial charge on any atom is -0.479 e. The molecule has 0 radical (unpaired) electrons. The summed E-state index contributed by atoms with van der Waals surface area (Å²) in [6.45, 7) is 1.21. The first-order valence-corrected chi connectivity index (χ1v) is 2.14. The Balaban J connectivity index is 3.64. The van der Waals surface area contributed by atoms with Crippen molar-refractivity contribution in [1.82, 2.24) is 0 Å². The number of aliphatic hydroxyl groups excluding tert-OH is 2. The van der Waals surface area contributed by atoms with E-state index in [1.807, 2.05) is 0 Å². The molecular formula is C4H8O4. The van der Waals surface area contributed by atoms with Gasteiger partial charge in [-0.05, 0) is 6.92 Å². The molecule has 0 saturated carbocycles. The maximum atomic E-state index is 9.73. The van der Waals surface area contributed by atoms with Gasteiger partial charge in [-0.15, -0.1) is 0 Å². The maximum absolute atomic E-state index is 9.73. The molecule has 4 heteroatoms. The summed E-state index contributed by atoms with van der Waals surface area (Å²) in [5.41, 5.74) is 0. The number of rotatable bonds is 2. The Morgan fingerprint density at radius 2 is 1.88 bits per heavy atom. The van der Waals surface area contributed by atoms with Crippen LogP contribution >= 0.6 is 0 Å². The summed E-state index contributed by atoms with van der Waals surface area (Å²) < 4.78 is 0. The molecule has 3 N–H and O–H groups in total. The third-order valence-corrected chi connectivity index (χ3v) is 0.710. The van der Waals surface area contributed by atoms with Gasteiger partial charge in [0.05, 0.1) is 6.10 Å². The highest BCUT2D eigenvalue weighted by Crippen LogP contribution is 1.89. The number of aliphatic hydroxyl groups is 2. The van der Waals surface area contributed by atoms with E-state index in [0.29, 0.717) is 0 Å².